The van der Waals surface area contributed by atoms with Crippen LogP contribution < -0.4 is 0 Å². The van der Waals surface area contributed by atoms with Crippen LogP contribution in [0, 0.1) is 17.1 Å². The van der Waals surface area contributed by atoms with Gasteiger partial charge in [0.1, 0.15) is 28.6 Å². The Labute approximate surface area is 91.7 Å². The van der Waals surface area contributed by atoms with E-state index in [0.29, 0.717) is 0 Å². The van der Waals surface area contributed by atoms with E-state index in [0.717, 1.165) is 0 Å². The number of aliphatic hydroxyl groups is 1. The predicted molar refractivity (Wildman–Crippen MR) is 56.1 cm³/mol. The van der Waals surface area contributed by atoms with Gasteiger partial charge in [-0.1, -0.05) is 6.07 Å². The van der Waals surface area contributed by atoms with Gasteiger partial charge in [-0.25, -0.2) is 4.39 Å². The monoisotopic (exact) mass is 219 g/mol. The van der Waals surface area contributed by atoms with Crippen LogP contribution >= 0.6 is 0 Å². The summed E-state index contributed by atoms with van der Waals surface area (Å²) in [4.78, 5) is 0. The number of hydrogen-bond donors (Lipinski definition) is 1. The van der Waals surface area contributed by atoms with Gasteiger partial charge in [-0.05, 0) is 26.0 Å². The van der Waals surface area contributed by atoms with E-state index in [1.165, 1.54) is 26.0 Å². The number of nitrogens with zero attached hydrogens (tertiary/aromatic N) is 1. The van der Waals surface area contributed by atoms with E-state index in [2.05, 4.69) is 0 Å². The summed E-state index contributed by atoms with van der Waals surface area (Å²) in [5.41, 5.74) is -0.981. The fourth-order valence-electron chi connectivity index (χ4n) is 1.64. The van der Waals surface area contributed by atoms with E-state index in [9.17, 15) is 9.50 Å². The van der Waals surface area contributed by atoms with Crippen LogP contribution in [0.5, 0.6) is 0 Å². The number of nitriles is 1. The minimum atomic E-state index is -1.31. The first-order chi connectivity index (χ1) is 7.45. The van der Waals surface area contributed by atoms with Gasteiger partial charge >= 0.3 is 0 Å². The Morgan fingerprint density at radius 2 is 2.12 bits per heavy atom. The summed E-state index contributed by atoms with van der Waals surface area (Å²) in [6.07, 6.45) is 0. The third-order valence-corrected chi connectivity index (χ3v) is 2.33. The van der Waals surface area contributed by atoms with E-state index < -0.39 is 11.4 Å². The third kappa shape index (κ3) is 1.46. The minimum absolute atomic E-state index is 0.0561. The number of fused-ring (bicyclic) bond motifs is 1. The maximum absolute atomic E-state index is 13.5. The zero-order chi connectivity index (χ0) is 11.9. The van der Waals surface area contributed by atoms with Crippen molar-refractivity contribution in [1.29, 1.82) is 5.26 Å². The summed E-state index contributed by atoms with van der Waals surface area (Å²) < 4.78 is 18.9. The van der Waals surface area contributed by atoms with Crippen LogP contribution in [0.25, 0.3) is 11.0 Å². The van der Waals surface area contributed by atoms with Crippen molar-refractivity contribution < 1.29 is 13.9 Å². The molecule has 0 aliphatic heterocycles. The van der Waals surface area contributed by atoms with E-state index in [1.807, 2.05) is 6.07 Å². The molecular weight excluding hydrogens is 209 g/mol. The first kappa shape index (κ1) is 10.7. The van der Waals surface area contributed by atoms with Gasteiger partial charge < -0.3 is 9.52 Å². The van der Waals surface area contributed by atoms with Crippen LogP contribution in [-0.2, 0) is 5.60 Å². The second-order valence-corrected chi connectivity index (χ2v) is 4.09. The molecule has 1 aromatic heterocycles. The highest BCUT2D eigenvalue weighted by Gasteiger charge is 2.28. The fraction of sp³-hybridized carbons (Fsp3) is 0.250. The molecule has 1 heterocycles. The molecule has 82 valence electrons. The number of furan rings is 1. The first-order valence-electron chi connectivity index (χ1n) is 4.79. The highest BCUT2D eigenvalue weighted by molar-refractivity contribution is 5.85. The van der Waals surface area contributed by atoms with Gasteiger partial charge in [-0.3, -0.25) is 0 Å². The van der Waals surface area contributed by atoms with Crippen molar-refractivity contribution >= 4 is 11.0 Å². The van der Waals surface area contributed by atoms with Crippen molar-refractivity contribution in [3.63, 3.8) is 0 Å². The normalized spacial score (nSPS) is 11.7. The van der Waals surface area contributed by atoms with Gasteiger partial charge in [0.25, 0.3) is 0 Å². The smallest absolute Gasteiger partial charge is 0.154 e. The molecular formula is C12H10FNO2. The Bertz CT molecular complexity index is 587. The number of hydrogen-bond acceptors (Lipinski definition) is 3. The molecule has 16 heavy (non-hydrogen) atoms. The summed E-state index contributed by atoms with van der Waals surface area (Å²) in [7, 11) is 0. The average Bonchev–Trinajstić information content (AvgIpc) is 2.57. The quantitative estimate of drug-likeness (QED) is 0.802. The van der Waals surface area contributed by atoms with Gasteiger partial charge in [0.15, 0.2) is 5.76 Å². The highest BCUT2D eigenvalue weighted by atomic mass is 19.1. The second kappa shape index (κ2) is 3.32. The lowest BCUT2D eigenvalue weighted by Gasteiger charge is -2.13. The van der Waals surface area contributed by atoms with Crippen molar-refractivity contribution in [2.45, 2.75) is 19.4 Å². The Morgan fingerprint density at radius 3 is 2.69 bits per heavy atom. The van der Waals surface area contributed by atoms with Crippen molar-refractivity contribution in [3.05, 3.63) is 35.3 Å². The zero-order valence-corrected chi connectivity index (χ0v) is 8.91. The lowest BCUT2D eigenvalue weighted by molar-refractivity contribution is 0.0555. The summed E-state index contributed by atoms with van der Waals surface area (Å²) in [6.45, 7) is 2.98. The fourth-order valence-corrected chi connectivity index (χ4v) is 1.64. The number of rotatable bonds is 1. The molecule has 4 heteroatoms. The van der Waals surface area contributed by atoms with E-state index in [1.54, 1.807) is 6.07 Å². The molecule has 3 nitrogen and oxygen atoms in total. The van der Waals surface area contributed by atoms with E-state index in [-0.39, 0.29) is 22.3 Å². The molecule has 0 radical (unpaired) electrons. The summed E-state index contributed by atoms with van der Waals surface area (Å²) in [6, 6.07) is 6.19. The summed E-state index contributed by atoms with van der Waals surface area (Å²) in [5, 5.41) is 19.0. The summed E-state index contributed by atoms with van der Waals surface area (Å²) >= 11 is 0. The molecule has 0 bridgehead atoms. The lowest BCUT2D eigenvalue weighted by Crippen LogP contribution is -2.15. The van der Waals surface area contributed by atoms with Crippen molar-refractivity contribution in [2.75, 3.05) is 0 Å². The number of halogens is 1. The third-order valence-electron chi connectivity index (χ3n) is 2.33. The minimum Gasteiger partial charge on any atom is -0.456 e. The lowest BCUT2D eigenvalue weighted by atomic mass is 10.0. The average molecular weight is 219 g/mol. The van der Waals surface area contributed by atoms with E-state index in [4.69, 9.17) is 9.68 Å². The van der Waals surface area contributed by atoms with Crippen molar-refractivity contribution in [3.8, 4) is 6.07 Å². The molecule has 0 aliphatic rings. The Morgan fingerprint density at radius 1 is 1.44 bits per heavy atom. The molecule has 0 spiro atoms. The van der Waals surface area contributed by atoms with Crippen LogP contribution in [0.1, 0.15) is 25.2 Å². The second-order valence-electron chi connectivity index (χ2n) is 4.09. The van der Waals surface area contributed by atoms with Crippen LogP contribution in [0.4, 0.5) is 4.39 Å². The van der Waals surface area contributed by atoms with Crippen molar-refractivity contribution in [1.82, 2.24) is 0 Å². The van der Waals surface area contributed by atoms with Gasteiger partial charge in [0.05, 0.1) is 5.39 Å². The Balaban J connectivity index is 2.90. The van der Waals surface area contributed by atoms with Gasteiger partial charge in [0.2, 0.25) is 0 Å². The predicted octanol–water partition coefficient (Wildman–Crippen LogP) is 2.67. The molecule has 0 saturated heterocycles. The SMILES string of the molecule is CC(C)(O)c1oc2cccc(F)c2c1C#N. The largest absolute Gasteiger partial charge is 0.456 e. The van der Waals surface area contributed by atoms with Gasteiger partial charge in [0, 0.05) is 0 Å². The molecule has 2 aromatic rings. The molecule has 0 aliphatic carbocycles. The standard InChI is InChI=1S/C12H10FNO2/c1-12(2,15)11-7(6-14)10-8(13)4-3-5-9(10)16-11/h3-5,15H,1-2H3. The first-order valence-corrected chi connectivity index (χ1v) is 4.79. The molecule has 1 N–H and O–H groups in total. The summed E-state index contributed by atoms with van der Waals surface area (Å²) in [5.74, 6) is -0.427. The molecule has 0 unspecified atom stereocenters. The molecule has 0 amide bonds. The van der Waals surface area contributed by atoms with Crippen LogP contribution in [0.15, 0.2) is 22.6 Å². The maximum atomic E-state index is 13.5. The van der Waals surface area contributed by atoms with Crippen LogP contribution in [-0.4, -0.2) is 5.11 Å². The highest BCUT2D eigenvalue weighted by Crippen LogP contribution is 2.33. The number of benzene rings is 1. The molecule has 1 aromatic carbocycles. The van der Waals surface area contributed by atoms with Crippen molar-refractivity contribution in [2.24, 2.45) is 0 Å². The molecule has 2 rings (SSSR count). The van der Waals surface area contributed by atoms with Crippen LogP contribution in [0.3, 0.4) is 0 Å². The van der Waals surface area contributed by atoms with E-state index >= 15 is 0 Å². The Kier molecular flexibility index (Phi) is 2.21. The molecule has 0 atom stereocenters. The van der Waals surface area contributed by atoms with Crippen LogP contribution in [0.2, 0.25) is 0 Å². The van der Waals surface area contributed by atoms with Gasteiger partial charge in [-0.2, -0.15) is 5.26 Å². The Hall–Kier alpha value is -1.86. The topological polar surface area (TPSA) is 57.2 Å². The molecule has 0 fully saturated rings. The molecule has 0 saturated carbocycles. The van der Waals surface area contributed by atoms with Gasteiger partial charge in [-0.15, -0.1) is 0 Å². The maximum Gasteiger partial charge on any atom is 0.154 e. The zero-order valence-electron chi connectivity index (χ0n) is 8.91.